The highest BCUT2D eigenvalue weighted by Gasteiger charge is 2.28. The predicted molar refractivity (Wildman–Crippen MR) is 382 cm³/mol. The minimum Gasteiger partial charge on any atom is -0.387 e. The molecule has 0 aliphatic carbocycles. The molecule has 3 atom stereocenters. The fraction of sp³-hybridized carbons (Fsp3) is 0.654. The second-order valence-corrected chi connectivity index (χ2v) is 26.0. The number of nitrogens with one attached hydrogen (secondary N) is 1. The van der Waals surface area contributed by atoms with Gasteiger partial charge in [0.1, 0.15) is 13.2 Å². The average molecular weight is 1230 g/mol. The first-order valence-corrected chi connectivity index (χ1v) is 36.9. The van der Waals surface area contributed by atoms with Crippen LogP contribution < -0.4 is 5.32 Å². The molecule has 0 rings (SSSR count). The van der Waals surface area contributed by atoms with Crippen molar-refractivity contribution in [1.82, 2.24) is 5.32 Å². The third kappa shape index (κ3) is 69.5. The van der Waals surface area contributed by atoms with Crippen molar-refractivity contribution in [3.05, 3.63) is 158 Å². The lowest BCUT2D eigenvalue weighted by Gasteiger charge is -2.25. The molecular weight excluding hydrogens is 1090 g/mol. The molecule has 0 spiro atoms. The summed E-state index contributed by atoms with van der Waals surface area (Å²) in [5, 5.41) is 14.0. The van der Waals surface area contributed by atoms with Gasteiger partial charge in [-0.1, -0.05) is 313 Å². The summed E-state index contributed by atoms with van der Waals surface area (Å²) in [5.74, 6) is -0.202. The topological polar surface area (TPSA) is 105 Å². The second kappa shape index (κ2) is 66.5. The number of quaternary nitrogens is 1. The van der Waals surface area contributed by atoms with E-state index < -0.39 is 20.0 Å². The first kappa shape index (κ1) is 83.1. The van der Waals surface area contributed by atoms with Crippen molar-refractivity contribution >= 4 is 13.7 Å². The van der Waals surface area contributed by atoms with Crippen LogP contribution in [0.3, 0.4) is 0 Å². The highest BCUT2D eigenvalue weighted by Crippen LogP contribution is 2.43. The fourth-order valence-corrected chi connectivity index (χ4v) is 10.3. The number of phosphoric acid groups is 1. The van der Waals surface area contributed by atoms with Crippen molar-refractivity contribution in [2.24, 2.45) is 0 Å². The summed E-state index contributed by atoms with van der Waals surface area (Å²) < 4.78 is 23.8. The summed E-state index contributed by atoms with van der Waals surface area (Å²) in [5.41, 5.74) is 0. The molecule has 0 radical (unpaired) electrons. The summed E-state index contributed by atoms with van der Waals surface area (Å²) in [6, 6.07) is -0.882. The Balaban J connectivity index is 4.19. The van der Waals surface area contributed by atoms with Gasteiger partial charge in [0, 0.05) is 6.42 Å². The summed E-state index contributed by atoms with van der Waals surface area (Å²) in [6.45, 7) is 4.68. The van der Waals surface area contributed by atoms with E-state index in [9.17, 15) is 19.4 Å². The fourth-order valence-electron chi connectivity index (χ4n) is 9.53. The van der Waals surface area contributed by atoms with Gasteiger partial charge in [0.25, 0.3) is 0 Å². The number of phosphoric ester groups is 1. The number of unbranched alkanes of at least 4 members (excludes halogenated alkanes) is 26. The molecule has 3 unspecified atom stereocenters. The largest absolute Gasteiger partial charge is 0.472 e. The Morgan fingerprint density at radius 1 is 0.402 bits per heavy atom. The van der Waals surface area contributed by atoms with Crippen LogP contribution in [0.5, 0.6) is 0 Å². The third-order valence-electron chi connectivity index (χ3n) is 15.0. The Labute approximate surface area is 537 Å². The van der Waals surface area contributed by atoms with Gasteiger partial charge in [-0.05, 0) is 116 Å². The van der Waals surface area contributed by atoms with Crippen LogP contribution in [-0.4, -0.2) is 73.4 Å². The zero-order valence-electron chi connectivity index (χ0n) is 56.7. The van der Waals surface area contributed by atoms with Gasteiger partial charge in [-0.3, -0.25) is 13.8 Å². The van der Waals surface area contributed by atoms with Gasteiger partial charge in [0.15, 0.2) is 0 Å². The molecule has 0 fully saturated rings. The molecule has 0 aromatic carbocycles. The van der Waals surface area contributed by atoms with E-state index in [-0.39, 0.29) is 19.1 Å². The number of aliphatic hydroxyl groups excluding tert-OH is 1. The standard InChI is InChI=1S/C78H133N2O6P/c1-6-8-10-12-14-16-18-20-22-24-26-28-30-32-33-34-35-36-37-38-39-40-41-42-43-44-45-46-47-48-50-52-54-56-58-60-62-64-66-68-70-72-78(82)79-76(75-86-87(83,84)85-74-73-80(3,4)5)77(81)71-69-67-65-63-61-59-57-55-53-51-49-31-29-27-25-23-21-19-17-15-13-11-9-7-2/h8,10,14,16,20,22,26,28,32-33,35-36,38-39,41-42,44-45,47-48,52,54,61,63,69,71,76-77,81H,6-7,9,11-13,15,17-19,21,23-25,27,29-31,34,37,40,43,46,49-51,53,55-60,62,64-68,70,72-75H2,1-5H3,(H-,79,82,83,84)/p+1/b10-8-,16-14-,22-20-,28-26-,33-32-,36-35-,39-38-,42-41-,45-44-,48-47-,54-52-,63-61+,71-69+. The van der Waals surface area contributed by atoms with E-state index in [0.29, 0.717) is 17.4 Å². The van der Waals surface area contributed by atoms with Crippen molar-refractivity contribution in [2.45, 2.75) is 289 Å². The van der Waals surface area contributed by atoms with E-state index in [1.165, 1.54) is 135 Å². The molecule has 3 N–H and O–H groups in total. The van der Waals surface area contributed by atoms with Crippen LogP contribution in [0.4, 0.5) is 0 Å². The Kier molecular flexibility index (Phi) is 63.6. The molecule has 0 saturated carbocycles. The Bertz CT molecular complexity index is 1980. The molecule has 8 nitrogen and oxygen atoms in total. The van der Waals surface area contributed by atoms with Crippen LogP contribution >= 0.6 is 7.82 Å². The predicted octanol–water partition coefficient (Wildman–Crippen LogP) is 22.9. The highest BCUT2D eigenvalue weighted by atomic mass is 31.2. The monoisotopic (exact) mass is 1230 g/mol. The minimum absolute atomic E-state index is 0.0462. The molecule has 0 aliphatic rings. The Hall–Kier alpha value is -3.88. The Morgan fingerprint density at radius 2 is 0.701 bits per heavy atom. The van der Waals surface area contributed by atoms with Gasteiger partial charge >= 0.3 is 7.82 Å². The molecule has 0 saturated heterocycles. The lowest BCUT2D eigenvalue weighted by molar-refractivity contribution is -0.870. The number of rotatable bonds is 63. The van der Waals surface area contributed by atoms with Crippen LogP contribution in [0.15, 0.2) is 158 Å². The number of hydrogen-bond donors (Lipinski definition) is 3. The molecular formula is C78H134N2O6P+. The molecule has 0 aromatic heterocycles. The molecule has 1 amide bonds. The van der Waals surface area contributed by atoms with Crippen LogP contribution in [-0.2, 0) is 18.4 Å². The van der Waals surface area contributed by atoms with Gasteiger partial charge in [-0.2, -0.15) is 0 Å². The van der Waals surface area contributed by atoms with Gasteiger partial charge in [-0.25, -0.2) is 4.57 Å². The maximum absolute atomic E-state index is 13.0. The quantitative estimate of drug-likeness (QED) is 0.0243. The Morgan fingerprint density at radius 3 is 1.06 bits per heavy atom. The SMILES string of the molecule is CC/C=C\C/C=C\C/C=C\C/C=C\C/C=C\C/C=C\C/C=C\C/C=C\C/C=C\C/C=C\C/C=C\CCCCCCCCCC(=O)NC(COP(=O)(O)OCC[N+](C)(C)C)C(O)/C=C/CC/C=C/CCCCCCCCCCCCCCCCCCCC. The van der Waals surface area contributed by atoms with Crippen LogP contribution in [0.2, 0.25) is 0 Å². The molecule has 9 heteroatoms. The summed E-state index contributed by atoms with van der Waals surface area (Å²) in [4.78, 5) is 23.4. The molecule has 496 valence electrons. The van der Waals surface area contributed by atoms with Crippen molar-refractivity contribution in [1.29, 1.82) is 0 Å². The molecule has 0 aromatic rings. The number of allylic oxidation sites excluding steroid dienone is 25. The van der Waals surface area contributed by atoms with Crippen LogP contribution in [0.1, 0.15) is 277 Å². The third-order valence-corrected chi connectivity index (χ3v) is 16.0. The van der Waals surface area contributed by atoms with E-state index in [1.54, 1.807) is 6.08 Å². The van der Waals surface area contributed by atoms with E-state index >= 15 is 0 Å². The lowest BCUT2D eigenvalue weighted by Crippen LogP contribution is -2.45. The first-order valence-electron chi connectivity index (χ1n) is 35.4. The molecule has 0 heterocycles. The van der Waals surface area contributed by atoms with Crippen molar-refractivity contribution in [3.63, 3.8) is 0 Å². The summed E-state index contributed by atoms with van der Waals surface area (Å²) in [6.07, 6.45) is 104. The van der Waals surface area contributed by atoms with Gasteiger partial charge < -0.3 is 19.8 Å². The average Bonchev–Trinajstić information content (AvgIpc) is 3.71. The number of carbonyl (C=O) groups excluding carboxylic acids is 1. The summed E-state index contributed by atoms with van der Waals surface area (Å²) in [7, 11) is 1.53. The number of hydrogen-bond acceptors (Lipinski definition) is 5. The summed E-state index contributed by atoms with van der Waals surface area (Å²) >= 11 is 0. The van der Waals surface area contributed by atoms with Crippen molar-refractivity contribution in [2.75, 3.05) is 40.9 Å². The first-order chi connectivity index (χ1) is 42.5. The van der Waals surface area contributed by atoms with Crippen LogP contribution in [0.25, 0.3) is 0 Å². The minimum atomic E-state index is -4.38. The molecule has 0 aliphatic heterocycles. The smallest absolute Gasteiger partial charge is 0.387 e. The zero-order chi connectivity index (χ0) is 63.4. The number of amides is 1. The number of nitrogens with zero attached hydrogens (tertiary/aromatic N) is 1. The van der Waals surface area contributed by atoms with Crippen molar-refractivity contribution in [3.8, 4) is 0 Å². The number of carbonyl (C=O) groups is 1. The molecule has 0 bridgehead atoms. The maximum atomic E-state index is 13.0. The van der Waals surface area contributed by atoms with E-state index in [1.807, 2.05) is 27.2 Å². The highest BCUT2D eigenvalue weighted by molar-refractivity contribution is 7.47. The lowest BCUT2D eigenvalue weighted by atomic mass is 10.0. The van der Waals surface area contributed by atoms with E-state index in [0.717, 1.165) is 122 Å². The van der Waals surface area contributed by atoms with E-state index in [2.05, 4.69) is 165 Å². The maximum Gasteiger partial charge on any atom is 0.472 e. The van der Waals surface area contributed by atoms with E-state index in [4.69, 9.17) is 9.05 Å². The number of likely N-dealkylation sites (N-methyl/N-ethyl adjacent to an activating group) is 1. The van der Waals surface area contributed by atoms with Gasteiger partial charge in [0.05, 0.1) is 39.9 Å². The van der Waals surface area contributed by atoms with Gasteiger partial charge in [-0.15, -0.1) is 0 Å². The van der Waals surface area contributed by atoms with Crippen LogP contribution in [0, 0.1) is 0 Å². The normalized spacial score (nSPS) is 14.6. The van der Waals surface area contributed by atoms with Crippen molar-refractivity contribution < 1.29 is 32.9 Å². The zero-order valence-corrected chi connectivity index (χ0v) is 57.6. The molecule has 87 heavy (non-hydrogen) atoms. The second-order valence-electron chi connectivity index (χ2n) is 24.5. The van der Waals surface area contributed by atoms with Gasteiger partial charge in [0.2, 0.25) is 5.91 Å². The number of aliphatic hydroxyl groups is 1.